The third-order valence-electron chi connectivity index (χ3n) is 7.59. The van der Waals surface area contributed by atoms with Crippen LogP contribution in [0, 0.1) is 0 Å². The van der Waals surface area contributed by atoms with Crippen molar-refractivity contribution in [1.82, 2.24) is 10.3 Å². The number of amides is 3. The topological polar surface area (TPSA) is 119 Å². The molecule has 0 aliphatic heterocycles. The largest absolute Gasteiger partial charge is 0.497 e. The molecule has 5 aromatic carbocycles. The molecule has 1 heterocycles. The predicted octanol–water partition coefficient (Wildman–Crippen LogP) is 8.41. The van der Waals surface area contributed by atoms with Crippen molar-refractivity contribution in [2.75, 3.05) is 17.7 Å². The first-order valence-electron chi connectivity index (χ1n) is 16.0. The van der Waals surface area contributed by atoms with Crippen molar-refractivity contribution in [2.45, 2.75) is 23.7 Å². The van der Waals surface area contributed by atoms with E-state index in [1.165, 1.54) is 23.1 Å². The molecule has 0 bridgehead atoms. The number of thioether (sulfide) groups is 1. The van der Waals surface area contributed by atoms with Crippen molar-refractivity contribution >= 4 is 67.9 Å². The normalized spacial score (nSPS) is 11.8. The molecule has 51 heavy (non-hydrogen) atoms. The van der Waals surface area contributed by atoms with Gasteiger partial charge in [-0.3, -0.25) is 14.4 Å². The maximum Gasteiger partial charge on any atom is 0.272 e. The van der Waals surface area contributed by atoms with E-state index >= 15 is 0 Å². The minimum atomic E-state index is -0.495. The molecule has 0 aliphatic rings. The Hall–Kier alpha value is -5.91. The molecule has 1 atom stereocenters. The number of methoxy groups -OCH3 is 1. The SMILES string of the molecule is COc1ccc2nc(NC(=O)C(C)Sc3ccc(NC(=O)/C(=C/c4ccc(OCc5ccccc5)cc4)NC(=O)c4ccccc4)cc3)sc2c1. The highest BCUT2D eigenvalue weighted by Crippen LogP contribution is 2.31. The molecule has 1 unspecified atom stereocenters. The Balaban J connectivity index is 1.09. The minimum Gasteiger partial charge on any atom is -0.497 e. The maximum atomic E-state index is 13.5. The van der Waals surface area contributed by atoms with E-state index in [2.05, 4.69) is 20.9 Å². The van der Waals surface area contributed by atoms with Crippen LogP contribution in [0.1, 0.15) is 28.4 Å². The molecule has 256 valence electrons. The molecular weight excluding hydrogens is 681 g/mol. The molecule has 11 heteroatoms. The lowest BCUT2D eigenvalue weighted by atomic mass is 10.1. The van der Waals surface area contributed by atoms with Crippen LogP contribution in [0.2, 0.25) is 0 Å². The van der Waals surface area contributed by atoms with Crippen molar-refractivity contribution in [1.29, 1.82) is 0 Å². The van der Waals surface area contributed by atoms with Crippen molar-refractivity contribution < 1.29 is 23.9 Å². The van der Waals surface area contributed by atoms with Crippen LogP contribution >= 0.6 is 23.1 Å². The number of ether oxygens (including phenoxy) is 2. The fourth-order valence-corrected chi connectivity index (χ4v) is 6.64. The molecule has 9 nitrogen and oxygen atoms in total. The maximum absolute atomic E-state index is 13.5. The summed E-state index contributed by atoms with van der Waals surface area (Å²) in [6, 6.07) is 38.6. The van der Waals surface area contributed by atoms with E-state index < -0.39 is 17.1 Å². The van der Waals surface area contributed by atoms with Crippen LogP contribution in [0.15, 0.2) is 138 Å². The van der Waals surface area contributed by atoms with Gasteiger partial charge < -0.3 is 25.4 Å². The Morgan fingerprint density at radius 1 is 0.824 bits per heavy atom. The number of aromatic nitrogens is 1. The molecule has 6 rings (SSSR count). The van der Waals surface area contributed by atoms with Gasteiger partial charge in [0.15, 0.2) is 5.13 Å². The Bertz CT molecular complexity index is 2150. The van der Waals surface area contributed by atoms with E-state index in [9.17, 15) is 14.4 Å². The Morgan fingerprint density at radius 3 is 2.22 bits per heavy atom. The number of anilines is 2. The number of benzene rings is 5. The van der Waals surface area contributed by atoms with Crippen LogP contribution in [0.4, 0.5) is 10.8 Å². The van der Waals surface area contributed by atoms with Crippen molar-refractivity contribution in [3.05, 3.63) is 150 Å². The summed E-state index contributed by atoms with van der Waals surface area (Å²) in [6.07, 6.45) is 1.61. The van der Waals surface area contributed by atoms with Gasteiger partial charge in [0.1, 0.15) is 23.8 Å². The van der Waals surface area contributed by atoms with Crippen LogP contribution in [0.25, 0.3) is 16.3 Å². The predicted molar refractivity (Wildman–Crippen MR) is 204 cm³/mol. The molecule has 0 saturated heterocycles. The third kappa shape index (κ3) is 9.62. The quantitative estimate of drug-likeness (QED) is 0.0812. The van der Waals surface area contributed by atoms with Crippen LogP contribution in [-0.2, 0) is 16.2 Å². The van der Waals surface area contributed by atoms with Gasteiger partial charge in [-0.2, -0.15) is 0 Å². The number of nitrogens with one attached hydrogen (secondary N) is 3. The summed E-state index contributed by atoms with van der Waals surface area (Å²) in [5.74, 6) is 0.322. The van der Waals surface area contributed by atoms with E-state index in [0.717, 1.165) is 26.4 Å². The summed E-state index contributed by atoms with van der Waals surface area (Å²) >= 11 is 2.77. The summed E-state index contributed by atoms with van der Waals surface area (Å²) in [7, 11) is 1.61. The fraction of sp³-hybridized carbons (Fsp3) is 0.100. The minimum absolute atomic E-state index is 0.0684. The molecule has 0 spiro atoms. The van der Waals surface area contributed by atoms with Gasteiger partial charge >= 0.3 is 0 Å². The number of carbonyl (C=O) groups is 3. The van der Waals surface area contributed by atoms with Gasteiger partial charge in [0, 0.05) is 16.1 Å². The van der Waals surface area contributed by atoms with Crippen molar-refractivity contribution in [3.63, 3.8) is 0 Å². The average Bonchev–Trinajstić information content (AvgIpc) is 3.57. The number of hydrogen-bond acceptors (Lipinski definition) is 8. The molecular formula is C40H34N4O5S2. The zero-order valence-electron chi connectivity index (χ0n) is 27.8. The third-order valence-corrected chi connectivity index (χ3v) is 9.63. The standard InChI is InChI=1S/C40H34N4O5S2/c1-26(37(45)44-40-43-34-22-19-32(48-2)24-36(34)51-40)50-33-20-15-30(16-21-33)41-39(47)35(42-38(46)29-11-7-4-8-12-29)23-27-13-17-31(18-14-27)49-25-28-9-5-3-6-10-28/h3-24,26H,25H2,1-2H3,(H,41,47)(H,42,46)(H,43,44,45)/b35-23-. The van der Waals surface area contributed by atoms with Gasteiger partial charge in [0.25, 0.3) is 11.8 Å². The highest BCUT2D eigenvalue weighted by atomic mass is 32.2. The Morgan fingerprint density at radius 2 is 1.51 bits per heavy atom. The van der Waals surface area contributed by atoms with Gasteiger partial charge in [0.2, 0.25) is 5.91 Å². The summed E-state index contributed by atoms with van der Waals surface area (Å²) in [5, 5.41) is 8.65. The molecule has 0 radical (unpaired) electrons. The first kappa shape index (κ1) is 34.9. The van der Waals surface area contributed by atoms with Gasteiger partial charge in [-0.15, -0.1) is 11.8 Å². The van der Waals surface area contributed by atoms with Crippen molar-refractivity contribution in [3.8, 4) is 11.5 Å². The van der Waals surface area contributed by atoms with Crippen LogP contribution < -0.4 is 25.4 Å². The lowest BCUT2D eigenvalue weighted by Crippen LogP contribution is -2.30. The highest BCUT2D eigenvalue weighted by molar-refractivity contribution is 8.00. The van der Waals surface area contributed by atoms with E-state index in [4.69, 9.17) is 9.47 Å². The summed E-state index contributed by atoms with van der Waals surface area (Å²) in [4.78, 5) is 44.9. The van der Waals surface area contributed by atoms with Gasteiger partial charge in [-0.1, -0.05) is 72.0 Å². The Labute approximate surface area is 303 Å². The lowest BCUT2D eigenvalue weighted by molar-refractivity contribution is -0.115. The lowest BCUT2D eigenvalue weighted by Gasteiger charge is -2.13. The molecule has 6 aromatic rings. The molecule has 1 aromatic heterocycles. The summed E-state index contributed by atoms with van der Waals surface area (Å²) in [5.41, 5.74) is 3.55. The van der Waals surface area contributed by atoms with E-state index in [1.54, 1.807) is 49.6 Å². The molecule has 0 saturated carbocycles. The monoisotopic (exact) mass is 714 g/mol. The number of thiazole rings is 1. The average molecular weight is 715 g/mol. The second-order valence-corrected chi connectivity index (χ2v) is 13.7. The van der Waals surface area contributed by atoms with Crippen LogP contribution in [0.3, 0.4) is 0 Å². The van der Waals surface area contributed by atoms with Gasteiger partial charge in [0.05, 0.1) is 22.6 Å². The van der Waals surface area contributed by atoms with Crippen molar-refractivity contribution in [2.24, 2.45) is 0 Å². The van der Waals surface area contributed by atoms with Crippen LogP contribution in [0.5, 0.6) is 11.5 Å². The van der Waals surface area contributed by atoms with Crippen LogP contribution in [-0.4, -0.2) is 35.1 Å². The zero-order chi connectivity index (χ0) is 35.6. The number of carbonyl (C=O) groups excluding carboxylic acids is 3. The second-order valence-electron chi connectivity index (χ2n) is 11.3. The Kier molecular flexibility index (Phi) is 11.4. The molecule has 3 amide bonds. The number of hydrogen-bond donors (Lipinski definition) is 3. The number of nitrogens with zero attached hydrogens (tertiary/aromatic N) is 1. The van der Waals surface area contributed by atoms with Gasteiger partial charge in [-0.25, -0.2) is 4.98 Å². The zero-order valence-corrected chi connectivity index (χ0v) is 29.4. The molecule has 0 fully saturated rings. The first-order valence-corrected chi connectivity index (χ1v) is 17.7. The number of rotatable bonds is 13. The fourth-order valence-electron chi connectivity index (χ4n) is 4.88. The molecule has 3 N–H and O–H groups in total. The second kappa shape index (κ2) is 16.7. The smallest absolute Gasteiger partial charge is 0.272 e. The highest BCUT2D eigenvalue weighted by Gasteiger charge is 2.18. The number of fused-ring (bicyclic) bond motifs is 1. The summed E-state index contributed by atoms with van der Waals surface area (Å²) in [6.45, 7) is 2.25. The molecule has 0 aliphatic carbocycles. The van der Waals surface area contributed by atoms with E-state index in [0.29, 0.717) is 34.3 Å². The van der Waals surface area contributed by atoms with E-state index in [-0.39, 0.29) is 11.6 Å². The summed E-state index contributed by atoms with van der Waals surface area (Å²) < 4.78 is 12.1. The first-order chi connectivity index (χ1) is 24.8. The van der Waals surface area contributed by atoms with E-state index in [1.807, 2.05) is 97.9 Å². The van der Waals surface area contributed by atoms with Gasteiger partial charge in [-0.05, 0) is 90.9 Å².